The minimum Gasteiger partial charge on any atom is -0.480 e. The fourth-order valence-corrected chi connectivity index (χ4v) is 9.08. The summed E-state index contributed by atoms with van der Waals surface area (Å²) >= 11 is 0. The van der Waals surface area contributed by atoms with E-state index in [4.69, 9.17) is 0 Å². The van der Waals surface area contributed by atoms with Crippen molar-refractivity contribution in [3.8, 4) is 0 Å². The first kappa shape index (κ1) is 26.6. The van der Waals surface area contributed by atoms with Crippen molar-refractivity contribution in [3.05, 3.63) is 0 Å². The van der Waals surface area contributed by atoms with Gasteiger partial charge >= 0.3 is 5.97 Å². The molecule has 0 heterocycles. The highest BCUT2D eigenvalue weighted by Gasteiger charge is 2.63. The van der Waals surface area contributed by atoms with Gasteiger partial charge in [-0.15, -0.1) is 0 Å². The van der Waals surface area contributed by atoms with Crippen LogP contribution in [0.25, 0.3) is 0 Å². The van der Waals surface area contributed by atoms with E-state index in [0.29, 0.717) is 48.2 Å². The molecule has 0 spiro atoms. The van der Waals surface area contributed by atoms with Crippen LogP contribution in [0.3, 0.4) is 0 Å². The van der Waals surface area contributed by atoms with Crippen LogP contribution in [-0.4, -0.2) is 51.2 Å². The number of nitrogens with one attached hydrogen (secondary N) is 1. The molecule has 0 saturated heterocycles. The standard InChI is InChI=1S/C28H45NO6/c1-15(5-8-23(33)29-25(16(2)30)26(34)35)19-6-7-20-24-21(10-12-28(19,20)4)27(3)11-9-18(31)13-17(27)14-22(24)32/h15-21,24-25,30-31H,5-14H2,1-4H3,(H,29,33)(H,34,35)/t15-,16-,17+,18-,19-,20+,21+,24+,25+,27+,28-/m1/s1. The van der Waals surface area contributed by atoms with Crippen LogP contribution < -0.4 is 5.32 Å². The molecule has 0 unspecified atom stereocenters. The Labute approximate surface area is 209 Å². The lowest BCUT2D eigenvalue weighted by atomic mass is 9.44. The number of carboxylic acids is 1. The van der Waals surface area contributed by atoms with Gasteiger partial charge in [0.2, 0.25) is 5.91 Å². The van der Waals surface area contributed by atoms with Crippen molar-refractivity contribution >= 4 is 17.7 Å². The first-order valence-corrected chi connectivity index (χ1v) is 13.8. The number of fused-ring (bicyclic) bond motifs is 5. The summed E-state index contributed by atoms with van der Waals surface area (Å²) in [4.78, 5) is 37.2. The maximum Gasteiger partial charge on any atom is 0.328 e. The van der Waals surface area contributed by atoms with Gasteiger partial charge in [0, 0.05) is 18.8 Å². The minimum absolute atomic E-state index is 0.0906. The number of carboxylic acid groups (broad SMARTS) is 1. The zero-order chi connectivity index (χ0) is 25.7. The van der Waals surface area contributed by atoms with Crippen molar-refractivity contribution in [1.82, 2.24) is 5.32 Å². The predicted octanol–water partition coefficient (Wildman–Crippen LogP) is 3.55. The Hall–Kier alpha value is -1.47. The molecule has 1 amide bonds. The lowest BCUT2D eigenvalue weighted by Gasteiger charge is -2.60. The second-order valence-electron chi connectivity index (χ2n) is 12.9. The number of Topliss-reactive ketones (excluding diaryl/α,β-unsaturated/α-hetero) is 1. The topological polar surface area (TPSA) is 124 Å². The minimum atomic E-state index is -1.29. The monoisotopic (exact) mass is 491 g/mol. The molecule has 4 aliphatic carbocycles. The third-order valence-corrected chi connectivity index (χ3v) is 11.1. The predicted molar refractivity (Wildman–Crippen MR) is 131 cm³/mol. The maximum atomic E-state index is 13.5. The van der Waals surface area contributed by atoms with Crippen molar-refractivity contribution in [3.63, 3.8) is 0 Å². The van der Waals surface area contributed by atoms with Gasteiger partial charge in [-0.1, -0.05) is 20.8 Å². The second kappa shape index (κ2) is 9.77. The fraction of sp³-hybridized carbons (Fsp3) is 0.893. The first-order chi connectivity index (χ1) is 16.4. The molecule has 11 atom stereocenters. The SMILES string of the molecule is C[C@H](CCC(=O)N[C@H](C(=O)O)[C@@H](C)O)[C@H]1CC[C@H]2[C@@H]3C(=O)C[C@@H]4C[C@H](O)CC[C@]4(C)[C@H]3CC[C@]12C. The Morgan fingerprint density at radius 1 is 1.06 bits per heavy atom. The molecule has 4 fully saturated rings. The molecule has 0 aromatic heterocycles. The van der Waals surface area contributed by atoms with Crippen LogP contribution in [0.2, 0.25) is 0 Å². The zero-order valence-corrected chi connectivity index (χ0v) is 21.8. The summed E-state index contributed by atoms with van der Waals surface area (Å²) in [7, 11) is 0. The van der Waals surface area contributed by atoms with Crippen LogP contribution in [-0.2, 0) is 14.4 Å². The molecule has 4 saturated carbocycles. The zero-order valence-electron chi connectivity index (χ0n) is 21.8. The van der Waals surface area contributed by atoms with Crippen LogP contribution in [0, 0.1) is 46.3 Å². The summed E-state index contributed by atoms with van der Waals surface area (Å²) in [6.45, 7) is 8.33. The van der Waals surface area contributed by atoms with Gasteiger partial charge in [0.05, 0.1) is 12.2 Å². The molecular weight excluding hydrogens is 446 g/mol. The molecular formula is C28H45NO6. The molecule has 7 nitrogen and oxygen atoms in total. The summed E-state index contributed by atoms with van der Waals surface area (Å²) in [5, 5.41) is 31.5. The summed E-state index contributed by atoms with van der Waals surface area (Å²) in [6, 6.07) is -1.29. The Morgan fingerprint density at radius 2 is 1.71 bits per heavy atom. The van der Waals surface area contributed by atoms with Crippen LogP contribution in [0.5, 0.6) is 0 Å². The second-order valence-corrected chi connectivity index (χ2v) is 12.9. The number of rotatable bonds is 7. The van der Waals surface area contributed by atoms with Crippen LogP contribution >= 0.6 is 0 Å². The molecule has 4 N–H and O–H groups in total. The first-order valence-electron chi connectivity index (χ1n) is 13.8. The average Bonchev–Trinajstić information content (AvgIpc) is 3.13. The van der Waals surface area contributed by atoms with Gasteiger partial charge in [0.25, 0.3) is 0 Å². The van der Waals surface area contributed by atoms with E-state index in [-0.39, 0.29) is 35.2 Å². The highest BCUT2D eigenvalue weighted by molar-refractivity contribution is 5.84. The number of carbonyl (C=O) groups excluding carboxylic acids is 2. The van der Waals surface area contributed by atoms with Gasteiger partial charge < -0.3 is 20.6 Å². The Balaban J connectivity index is 1.42. The molecule has 4 rings (SSSR count). The van der Waals surface area contributed by atoms with Crippen molar-refractivity contribution in [2.75, 3.05) is 0 Å². The van der Waals surface area contributed by atoms with Crippen LogP contribution in [0.15, 0.2) is 0 Å². The van der Waals surface area contributed by atoms with Crippen molar-refractivity contribution < 1.29 is 29.7 Å². The van der Waals surface area contributed by atoms with E-state index in [9.17, 15) is 29.7 Å². The third-order valence-electron chi connectivity index (χ3n) is 11.1. The Kier molecular flexibility index (Phi) is 7.42. The van der Waals surface area contributed by atoms with Gasteiger partial charge in [-0.2, -0.15) is 0 Å². The van der Waals surface area contributed by atoms with Gasteiger partial charge in [-0.25, -0.2) is 4.79 Å². The average molecular weight is 492 g/mol. The van der Waals surface area contributed by atoms with Crippen LogP contribution in [0.1, 0.15) is 91.9 Å². The van der Waals surface area contributed by atoms with Crippen LogP contribution in [0.4, 0.5) is 0 Å². The molecule has 7 heteroatoms. The van der Waals surface area contributed by atoms with Crippen molar-refractivity contribution in [2.45, 2.75) is 110 Å². The lowest BCUT2D eigenvalue weighted by Crippen LogP contribution is -2.57. The van der Waals surface area contributed by atoms with Crippen molar-refractivity contribution in [2.24, 2.45) is 46.3 Å². The molecule has 0 aromatic rings. The van der Waals surface area contributed by atoms with E-state index in [0.717, 1.165) is 44.9 Å². The quantitative estimate of drug-likeness (QED) is 0.432. The van der Waals surface area contributed by atoms with Gasteiger partial charge in [0.15, 0.2) is 6.04 Å². The number of hydrogen-bond acceptors (Lipinski definition) is 5. The summed E-state index contributed by atoms with van der Waals surface area (Å²) in [6.07, 6.45) is 7.09. The number of hydrogen-bond donors (Lipinski definition) is 4. The lowest BCUT2D eigenvalue weighted by molar-refractivity contribution is -0.160. The number of aliphatic carboxylic acids is 1. The van der Waals surface area contributed by atoms with E-state index in [1.165, 1.54) is 6.92 Å². The Bertz CT molecular complexity index is 843. The van der Waals surface area contributed by atoms with E-state index >= 15 is 0 Å². The molecule has 0 bridgehead atoms. The molecule has 35 heavy (non-hydrogen) atoms. The highest BCUT2D eigenvalue weighted by atomic mass is 16.4. The van der Waals surface area contributed by atoms with E-state index in [1.807, 2.05) is 0 Å². The summed E-state index contributed by atoms with van der Waals surface area (Å²) in [5.41, 5.74) is 0.249. The summed E-state index contributed by atoms with van der Waals surface area (Å²) < 4.78 is 0. The smallest absolute Gasteiger partial charge is 0.328 e. The molecule has 0 radical (unpaired) electrons. The molecule has 198 valence electrons. The van der Waals surface area contributed by atoms with E-state index < -0.39 is 18.1 Å². The largest absolute Gasteiger partial charge is 0.480 e. The number of ketones is 1. The Morgan fingerprint density at radius 3 is 2.37 bits per heavy atom. The van der Waals surface area contributed by atoms with E-state index in [2.05, 4.69) is 26.1 Å². The molecule has 4 aliphatic rings. The number of aliphatic hydroxyl groups is 2. The maximum absolute atomic E-state index is 13.5. The number of amides is 1. The highest BCUT2D eigenvalue weighted by Crippen LogP contribution is 2.67. The van der Waals surface area contributed by atoms with Crippen molar-refractivity contribution in [1.29, 1.82) is 0 Å². The fourth-order valence-electron chi connectivity index (χ4n) is 9.08. The van der Waals surface area contributed by atoms with E-state index in [1.54, 1.807) is 0 Å². The van der Waals surface area contributed by atoms with Gasteiger partial charge in [0.1, 0.15) is 5.78 Å². The molecule has 0 aromatic carbocycles. The third kappa shape index (κ3) is 4.68. The number of aliphatic hydroxyl groups excluding tert-OH is 2. The number of carbonyl (C=O) groups is 3. The van der Waals surface area contributed by atoms with Gasteiger partial charge in [-0.3, -0.25) is 9.59 Å². The van der Waals surface area contributed by atoms with Gasteiger partial charge in [-0.05, 0) is 98.7 Å². The summed E-state index contributed by atoms with van der Waals surface area (Å²) in [5.74, 6) is 0.864. The normalized spacial score (nSPS) is 43.3. The molecule has 0 aliphatic heterocycles.